The Morgan fingerprint density at radius 2 is 2.00 bits per heavy atom. The van der Waals surface area contributed by atoms with Crippen LogP contribution in [-0.2, 0) is 9.53 Å². The van der Waals surface area contributed by atoms with Crippen LogP contribution in [0, 0.1) is 0 Å². The summed E-state index contributed by atoms with van der Waals surface area (Å²) in [5, 5.41) is 8.40. The molecule has 3 N–H and O–H groups in total. The Labute approximate surface area is 66.1 Å². The lowest BCUT2D eigenvalue weighted by Gasteiger charge is -2.18. The Hall–Kier alpha value is -0.820. The highest BCUT2D eigenvalue weighted by atomic mass is 19.4. The normalized spacial score (nSPS) is 16.8. The van der Waals surface area contributed by atoms with E-state index in [2.05, 4.69) is 4.74 Å². The number of nitrogens with two attached hydrogens (primary N) is 1. The highest BCUT2D eigenvalue weighted by Crippen LogP contribution is 2.21. The van der Waals surface area contributed by atoms with Gasteiger partial charge in [-0.2, -0.15) is 13.2 Å². The molecule has 0 radical (unpaired) electrons. The van der Waals surface area contributed by atoms with Gasteiger partial charge >= 0.3 is 12.1 Å². The molecule has 7 heteroatoms. The Bertz CT molecular complexity index is 170. The summed E-state index contributed by atoms with van der Waals surface area (Å²) in [6, 6.07) is -2.09. The first-order chi connectivity index (χ1) is 5.30. The number of hydrogen-bond acceptors (Lipinski definition) is 4. The maximum atomic E-state index is 11.7. The van der Waals surface area contributed by atoms with Gasteiger partial charge in [0.1, 0.15) is 6.04 Å². The van der Waals surface area contributed by atoms with Crippen LogP contribution in [0.25, 0.3) is 0 Å². The van der Waals surface area contributed by atoms with E-state index in [9.17, 15) is 18.0 Å². The van der Waals surface area contributed by atoms with E-state index in [1.165, 1.54) is 0 Å². The number of methoxy groups -OCH3 is 1. The first-order valence-electron chi connectivity index (χ1n) is 2.89. The van der Waals surface area contributed by atoms with Crippen molar-refractivity contribution in [3.05, 3.63) is 0 Å². The average Bonchev–Trinajstić information content (AvgIpc) is 1.98. The molecule has 0 bridgehead atoms. The van der Waals surface area contributed by atoms with Crippen molar-refractivity contribution in [3.8, 4) is 0 Å². The minimum Gasteiger partial charge on any atom is -0.468 e. The molecule has 0 aromatic rings. The third-order valence-corrected chi connectivity index (χ3v) is 1.15. The van der Waals surface area contributed by atoms with Crippen molar-refractivity contribution in [2.75, 3.05) is 7.11 Å². The summed E-state index contributed by atoms with van der Waals surface area (Å²) in [6.07, 6.45) is -7.79. The lowest BCUT2D eigenvalue weighted by Crippen LogP contribution is -2.50. The Balaban J connectivity index is 4.29. The summed E-state index contributed by atoms with van der Waals surface area (Å²) in [5.41, 5.74) is 4.71. The van der Waals surface area contributed by atoms with Crippen molar-refractivity contribution < 1.29 is 27.8 Å². The van der Waals surface area contributed by atoms with Crippen molar-refractivity contribution in [2.24, 2.45) is 5.73 Å². The van der Waals surface area contributed by atoms with Gasteiger partial charge in [0.25, 0.3) is 0 Å². The van der Waals surface area contributed by atoms with Crippen LogP contribution in [-0.4, -0.2) is 36.5 Å². The van der Waals surface area contributed by atoms with Crippen LogP contribution >= 0.6 is 0 Å². The molecule has 4 nitrogen and oxygen atoms in total. The van der Waals surface area contributed by atoms with Crippen molar-refractivity contribution in [2.45, 2.75) is 18.3 Å². The van der Waals surface area contributed by atoms with Gasteiger partial charge in [0.2, 0.25) is 0 Å². The maximum Gasteiger partial charge on any atom is 0.416 e. The number of aliphatic hydroxyl groups is 1. The van der Waals surface area contributed by atoms with E-state index in [0.717, 1.165) is 7.11 Å². The summed E-state index contributed by atoms with van der Waals surface area (Å²) >= 11 is 0. The molecule has 0 aromatic heterocycles. The number of halogens is 3. The van der Waals surface area contributed by atoms with Gasteiger partial charge in [0.05, 0.1) is 7.11 Å². The number of esters is 1. The molecular formula is C5H8F3NO3. The van der Waals surface area contributed by atoms with Crippen LogP contribution in [0.2, 0.25) is 0 Å². The molecule has 0 fully saturated rings. The van der Waals surface area contributed by atoms with Crippen LogP contribution in [0.4, 0.5) is 13.2 Å². The van der Waals surface area contributed by atoms with E-state index in [0.29, 0.717) is 0 Å². The minimum atomic E-state index is -4.91. The summed E-state index contributed by atoms with van der Waals surface area (Å²) in [7, 11) is 0.880. The second-order valence-electron chi connectivity index (χ2n) is 2.04. The fraction of sp³-hybridized carbons (Fsp3) is 0.800. The minimum absolute atomic E-state index is 0.880. The smallest absolute Gasteiger partial charge is 0.416 e. The molecule has 2 atom stereocenters. The molecule has 0 heterocycles. The Morgan fingerprint density at radius 3 is 2.25 bits per heavy atom. The van der Waals surface area contributed by atoms with Crippen molar-refractivity contribution in [3.63, 3.8) is 0 Å². The van der Waals surface area contributed by atoms with E-state index < -0.39 is 24.3 Å². The van der Waals surface area contributed by atoms with Gasteiger partial charge < -0.3 is 15.6 Å². The Morgan fingerprint density at radius 1 is 1.58 bits per heavy atom. The molecule has 0 saturated carbocycles. The van der Waals surface area contributed by atoms with Crippen LogP contribution in [0.1, 0.15) is 0 Å². The van der Waals surface area contributed by atoms with Crippen LogP contribution < -0.4 is 5.73 Å². The van der Waals surface area contributed by atoms with Crippen LogP contribution in [0.5, 0.6) is 0 Å². The molecule has 0 unspecified atom stereocenters. The third kappa shape index (κ3) is 2.67. The summed E-state index contributed by atoms with van der Waals surface area (Å²) in [4.78, 5) is 10.4. The predicted octanol–water partition coefficient (Wildman–Crippen LogP) is -0.590. The van der Waals surface area contributed by atoms with Crippen LogP contribution in [0.3, 0.4) is 0 Å². The second-order valence-corrected chi connectivity index (χ2v) is 2.04. The standard InChI is InChI=1S/C5H8F3NO3/c1-12-4(11)2(9)3(10)5(6,7)8/h2-3,10H,9H2,1H3/t2-,3-/m0/s1. The van der Waals surface area contributed by atoms with E-state index in [1.54, 1.807) is 0 Å². The van der Waals surface area contributed by atoms with E-state index in [4.69, 9.17) is 10.8 Å². The lowest BCUT2D eigenvalue weighted by atomic mass is 10.2. The number of carbonyl (C=O) groups is 1. The van der Waals surface area contributed by atoms with Gasteiger partial charge in [-0.05, 0) is 0 Å². The van der Waals surface area contributed by atoms with Gasteiger partial charge in [-0.15, -0.1) is 0 Å². The number of carbonyl (C=O) groups excluding carboxylic acids is 1. The number of alkyl halides is 3. The molecule has 0 aliphatic rings. The molecule has 12 heavy (non-hydrogen) atoms. The quantitative estimate of drug-likeness (QED) is 0.567. The molecule has 0 amide bonds. The first kappa shape index (κ1) is 11.2. The third-order valence-electron chi connectivity index (χ3n) is 1.15. The molecule has 0 rings (SSSR count). The highest BCUT2D eigenvalue weighted by molar-refractivity contribution is 5.76. The molecule has 0 aliphatic heterocycles. The first-order valence-corrected chi connectivity index (χ1v) is 2.89. The summed E-state index contributed by atoms with van der Waals surface area (Å²) in [5.74, 6) is -1.31. The fourth-order valence-corrected chi connectivity index (χ4v) is 0.469. The zero-order chi connectivity index (χ0) is 9.94. The van der Waals surface area contributed by atoms with Gasteiger partial charge in [-0.25, -0.2) is 0 Å². The molecule has 0 spiro atoms. The summed E-state index contributed by atoms with van der Waals surface area (Å²) < 4.78 is 38.9. The largest absolute Gasteiger partial charge is 0.468 e. The number of rotatable bonds is 2. The van der Waals surface area contributed by atoms with Gasteiger partial charge in [0.15, 0.2) is 6.10 Å². The lowest BCUT2D eigenvalue weighted by molar-refractivity contribution is -0.213. The molecule has 0 saturated heterocycles. The zero-order valence-electron chi connectivity index (χ0n) is 6.13. The fourth-order valence-electron chi connectivity index (χ4n) is 0.469. The molecule has 0 aromatic carbocycles. The van der Waals surface area contributed by atoms with Crippen molar-refractivity contribution in [1.82, 2.24) is 0 Å². The second kappa shape index (κ2) is 3.72. The zero-order valence-corrected chi connectivity index (χ0v) is 6.13. The van der Waals surface area contributed by atoms with Gasteiger partial charge in [0, 0.05) is 0 Å². The number of aliphatic hydroxyl groups excluding tert-OH is 1. The Kier molecular flexibility index (Phi) is 3.47. The van der Waals surface area contributed by atoms with E-state index >= 15 is 0 Å². The molecule has 0 aliphatic carbocycles. The van der Waals surface area contributed by atoms with Gasteiger partial charge in [-0.3, -0.25) is 4.79 Å². The summed E-state index contributed by atoms with van der Waals surface area (Å²) in [6.45, 7) is 0. The number of hydrogen-bond donors (Lipinski definition) is 2. The molecular weight excluding hydrogens is 179 g/mol. The predicted molar refractivity (Wildman–Crippen MR) is 32.1 cm³/mol. The molecule has 72 valence electrons. The van der Waals surface area contributed by atoms with Crippen LogP contribution in [0.15, 0.2) is 0 Å². The van der Waals surface area contributed by atoms with E-state index in [-0.39, 0.29) is 0 Å². The van der Waals surface area contributed by atoms with Gasteiger partial charge in [-0.1, -0.05) is 0 Å². The van der Waals surface area contributed by atoms with Crippen molar-refractivity contribution >= 4 is 5.97 Å². The highest BCUT2D eigenvalue weighted by Gasteiger charge is 2.45. The SMILES string of the molecule is COC(=O)[C@@H](N)[C@H](O)C(F)(F)F. The van der Waals surface area contributed by atoms with E-state index in [1.807, 2.05) is 0 Å². The maximum absolute atomic E-state index is 11.7. The topological polar surface area (TPSA) is 72.5 Å². The average molecular weight is 187 g/mol. The van der Waals surface area contributed by atoms with Crippen molar-refractivity contribution in [1.29, 1.82) is 0 Å². The number of ether oxygens (including phenoxy) is 1. The monoisotopic (exact) mass is 187 g/mol.